The van der Waals surface area contributed by atoms with Crippen LogP contribution in [0.15, 0.2) is 24.3 Å². The second-order valence-corrected chi connectivity index (χ2v) is 5.17. The second kappa shape index (κ2) is 4.74. The van der Waals surface area contributed by atoms with Gasteiger partial charge in [0.15, 0.2) is 0 Å². The van der Waals surface area contributed by atoms with Crippen LogP contribution in [0.25, 0.3) is 0 Å². The van der Waals surface area contributed by atoms with Gasteiger partial charge in [0.1, 0.15) is 6.10 Å². The topological polar surface area (TPSA) is 63.7 Å². The number of carbonyl (C=O) groups excluding carboxylic acids is 3. The third kappa shape index (κ3) is 1.90. The lowest BCUT2D eigenvalue weighted by Gasteiger charge is -2.27. The van der Waals surface area contributed by atoms with E-state index in [0.29, 0.717) is 24.0 Å². The molecule has 0 aromatic heterocycles. The Labute approximate surface area is 116 Å². The molecule has 2 amide bonds. The highest BCUT2D eigenvalue weighted by Crippen LogP contribution is 2.33. The monoisotopic (exact) mass is 273 g/mol. The lowest BCUT2D eigenvalue weighted by Crippen LogP contribution is -2.45. The first kappa shape index (κ1) is 12.8. The molecular weight excluding hydrogens is 258 g/mol. The van der Waals surface area contributed by atoms with Gasteiger partial charge in [-0.1, -0.05) is 12.1 Å². The quantitative estimate of drug-likeness (QED) is 0.608. The standard InChI is InChI=1S/C15H15NO4/c1-9(17)20-13-8-4-7-12(13)16-14(18)10-5-2-3-6-11(10)15(16)19/h2-3,5-6,12-13H,4,7-8H2,1H3/t12-,13-/m0/s1. The van der Waals surface area contributed by atoms with Crippen molar-refractivity contribution < 1.29 is 19.1 Å². The molecule has 1 aromatic carbocycles. The molecule has 0 radical (unpaired) electrons. The first-order chi connectivity index (χ1) is 9.59. The fraction of sp³-hybridized carbons (Fsp3) is 0.400. The Hall–Kier alpha value is -2.17. The molecule has 1 fully saturated rings. The highest BCUT2D eigenvalue weighted by Gasteiger charge is 2.45. The normalized spacial score (nSPS) is 24.9. The molecule has 5 heteroatoms. The Morgan fingerprint density at radius 3 is 2.30 bits per heavy atom. The van der Waals surface area contributed by atoms with Crippen LogP contribution in [0.5, 0.6) is 0 Å². The summed E-state index contributed by atoms with van der Waals surface area (Å²) in [5.74, 6) is -0.942. The van der Waals surface area contributed by atoms with Crippen LogP contribution in [0, 0.1) is 0 Å². The molecule has 2 atom stereocenters. The van der Waals surface area contributed by atoms with E-state index in [1.54, 1.807) is 24.3 Å². The summed E-state index contributed by atoms with van der Waals surface area (Å²) in [6, 6.07) is 6.46. The van der Waals surface area contributed by atoms with E-state index in [1.807, 2.05) is 0 Å². The maximum Gasteiger partial charge on any atom is 0.302 e. The van der Waals surface area contributed by atoms with Crippen LogP contribution in [0.2, 0.25) is 0 Å². The molecule has 20 heavy (non-hydrogen) atoms. The van der Waals surface area contributed by atoms with Crippen LogP contribution in [0.4, 0.5) is 0 Å². The minimum absolute atomic E-state index is 0.283. The molecule has 1 aliphatic heterocycles. The summed E-state index contributed by atoms with van der Waals surface area (Å²) >= 11 is 0. The van der Waals surface area contributed by atoms with Gasteiger partial charge >= 0.3 is 5.97 Å². The Bertz CT molecular complexity index is 560. The van der Waals surface area contributed by atoms with Gasteiger partial charge in [0.2, 0.25) is 0 Å². The van der Waals surface area contributed by atoms with Crippen LogP contribution in [0.1, 0.15) is 46.9 Å². The van der Waals surface area contributed by atoms with E-state index in [-0.39, 0.29) is 29.9 Å². The minimum Gasteiger partial charge on any atom is -0.460 e. The number of benzene rings is 1. The molecule has 1 aliphatic carbocycles. The Morgan fingerprint density at radius 1 is 1.15 bits per heavy atom. The van der Waals surface area contributed by atoms with E-state index < -0.39 is 0 Å². The van der Waals surface area contributed by atoms with E-state index in [4.69, 9.17) is 4.74 Å². The van der Waals surface area contributed by atoms with Gasteiger partial charge in [-0.15, -0.1) is 0 Å². The number of imide groups is 1. The number of amides is 2. The van der Waals surface area contributed by atoms with Crippen molar-refractivity contribution in [3.8, 4) is 0 Å². The number of esters is 1. The summed E-state index contributed by atoms with van der Waals surface area (Å²) in [7, 11) is 0. The van der Waals surface area contributed by atoms with Gasteiger partial charge < -0.3 is 4.74 Å². The van der Waals surface area contributed by atoms with Crippen LogP contribution in [-0.4, -0.2) is 34.8 Å². The van der Waals surface area contributed by atoms with Crippen LogP contribution < -0.4 is 0 Å². The molecule has 0 N–H and O–H groups in total. The van der Waals surface area contributed by atoms with Crippen molar-refractivity contribution in [2.45, 2.75) is 38.3 Å². The van der Waals surface area contributed by atoms with Gasteiger partial charge in [0.05, 0.1) is 17.2 Å². The summed E-state index contributed by atoms with van der Waals surface area (Å²) in [5, 5.41) is 0. The molecule has 0 unspecified atom stereocenters. The first-order valence-corrected chi connectivity index (χ1v) is 6.73. The highest BCUT2D eigenvalue weighted by molar-refractivity contribution is 6.21. The van der Waals surface area contributed by atoms with E-state index in [1.165, 1.54) is 11.8 Å². The Kier molecular flexibility index (Phi) is 3.04. The predicted octanol–water partition coefficient (Wildman–Crippen LogP) is 1.77. The molecule has 0 bridgehead atoms. The zero-order chi connectivity index (χ0) is 14.3. The summed E-state index contributed by atoms with van der Waals surface area (Å²) in [6.45, 7) is 1.34. The molecule has 0 saturated heterocycles. The summed E-state index contributed by atoms with van der Waals surface area (Å²) in [6.07, 6.45) is 1.84. The number of fused-ring (bicyclic) bond motifs is 1. The maximum atomic E-state index is 12.4. The van der Waals surface area contributed by atoms with E-state index in [0.717, 1.165) is 6.42 Å². The summed E-state index contributed by atoms with van der Waals surface area (Å²) < 4.78 is 5.25. The van der Waals surface area contributed by atoms with Crippen LogP contribution in [0.3, 0.4) is 0 Å². The average Bonchev–Trinajstić information content (AvgIpc) is 2.94. The van der Waals surface area contributed by atoms with Gasteiger partial charge in [0, 0.05) is 6.92 Å². The van der Waals surface area contributed by atoms with E-state index in [9.17, 15) is 14.4 Å². The van der Waals surface area contributed by atoms with Crippen molar-refractivity contribution in [3.63, 3.8) is 0 Å². The van der Waals surface area contributed by atoms with Crippen molar-refractivity contribution in [2.24, 2.45) is 0 Å². The van der Waals surface area contributed by atoms with Crippen LogP contribution in [-0.2, 0) is 9.53 Å². The number of nitrogens with zero attached hydrogens (tertiary/aromatic N) is 1. The van der Waals surface area contributed by atoms with Gasteiger partial charge in [-0.25, -0.2) is 0 Å². The fourth-order valence-corrected chi connectivity index (χ4v) is 3.06. The molecule has 0 spiro atoms. The molecule has 104 valence electrons. The maximum absolute atomic E-state index is 12.4. The van der Waals surface area contributed by atoms with Crippen LogP contribution >= 0.6 is 0 Å². The third-order valence-corrected chi connectivity index (χ3v) is 3.89. The predicted molar refractivity (Wildman–Crippen MR) is 70.1 cm³/mol. The summed E-state index contributed by atoms with van der Waals surface area (Å²) in [5.41, 5.74) is 0.872. The molecular formula is C15H15NO4. The van der Waals surface area contributed by atoms with Crippen molar-refractivity contribution in [3.05, 3.63) is 35.4 Å². The largest absolute Gasteiger partial charge is 0.460 e. The van der Waals surface area contributed by atoms with E-state index in [2.05, 4.69) is 0 Å². The summed E-state index contributed by atoms with van der Waals surface area (Å²) in [4.78, 5) is 37.2. The zero-order valence-electron chi connectivity index (χ0n) is 11.2. The zero-order valence-corrected chi connectivity index (χ0v) is 11.2. The number of hydrogen-bond acceptors (Lipinski definition) is 4. The molecule has 3 rings (SSSR count). The number of ether oxygens (including phenoxy) is 1. The first-order valence-electron chi connectivity index (χ1n) is 6.73. The lowest BCUT2D eigenvalue weighted by atomic mass is 10.1. The van der Waals surface area contributed by atoms with E-state index >= 15 is 0 Å². The molecule has 1 aromatic rings. The molecule has 5 nitrogen and oxygen atoms in total. The number of carbonyl (C=O) groups is 3. The highest BCUT2D eigenvalue weighted by atomic mass is 16.5. The minimum atomic E-state index is -0.380. The number of rotatable bonds is 2. The molecule has 1 heterocycles. The average molecular weight is 273 g/mol. The second-order valence-electron chi connectivity index (χ2n) is 5.17. The smallest absolute Gasteiger partial charge is 0.302 e. The van der Waals surface area contributed by atoms with Crippen molar-refractivity contribution in [1.82, 2.24) is 4.90 Å². The van der Waals surface area contributed by atoms with Gasteiger partial charge in [-0.05, 0) is 31.4 Å². The van der Waals surface area contributed by atoms with Gasteiger partial charge in [0.25, 0.3) is 11.8 Å². The van der Waals surface area contributed by atoms with Crippen molar-refractivity contribution in [2.75, 3.05) is 0 Å². The third-order valence-electron chi connectivity index (χ3n) is 3.89. The van der Waals surface area contributed by atoms with Gasteiger partial charge in [-0.3, -0.25) is 19.3 Å². The SMILES string of the molecule is CC(=O)O[C@H]1CCC[C@@H]1N1C(=O)c2ccccc2C1=O. The van der Waals surface area contributed by atoms with Gasteiger partial charge in [-0.2, -0.15) is 0 Å². The van der Waals surface area contributed by atoms with Crippen molar-refractivity contribution >= 4 is 17.8 Å². The number of hydrogen-bond donors (Lipinski definition) is 0. The Balaban J connectivity index is 1.90. The molecule has 2 aliphatic rings. The lowest BCUT2D eigenvalue weighted by molar-refractivity contribution is -0.147. The molecule has 1 saturated carbocycles. The van der Waals surface area contributed by atoms with Crippen molar-refractivity contribution in [1.29, 1.82) is 0 Å². The fourth-order valence-electron chi connectivity index (χ4n) is 3.06. The Morgan fingerprint density at radius 2 is 1.75 bits per heavy atom.